The quantitative estimate of drug-likeness (QED) is 0.117. The van der Waals surface area contributed by atoms with Gasteiger partial charge < -0.3 is 49.3 Å². The van der Waals surface area contributed by atoms with Gasteiger partial charge in [-0.05, 0) is 33.8 Å². The predicted octanol–water partition coefficient (Wildman–Crippen LogP) is 6.05. The summed E-state index contributed by atoms with van der Waals surface area (Å²) in [6.07, 6.45) is 3.69. The molecule has 57 heavy (non-hydrogen) atoms. The minimum Gasteiger partial charge on any atom is -0.507 e. The third-order valence-electron chi connectivity index (χ3n) is 11.8. The molecule has 0 fully saturated rings. The van der Waals surface area contributed by atoms with Crippen molar-refractivity contribution in [3.63, 3.8) is 0 Å². The molecule has 9 atom stereocenters. The van der Waals surface area contributed by atoms with Crippen LogP contribution in [-0.4, -0.2) is 85.7 Å². The van der Waals surface area contributed by atoms with Gasteiger partial charge in [0.25, 0.3) is 11.7 Å². The Kier molecular flexibility index (Phi) is 12.0. The summed E-state index contributed by atoms with van der Waals surface area (Å²) in [6.45, 7) is 15.7. The standard InChI is InChI=1S/C43H54N2O12/c1-18-14-13-15-19(2)42(53)44-33-30-28(25(8)46)24(7)45(11)34(30)29-31(38(33)51)37(50)23(6)40-32(29)41(52)43(10,57-40)55-17-16-27(54-12)20(3)39(56-26(9)47)22(5)36(49)21(4)35(18)48/h13-18,20-22,27,35-36,39,48-51H,1-12H3,(H,44,53)/b14-13-,17-16+,19-15+. The van der Waals surface area contributed by atoms with Gasteiger partial charge in [-0.25, -0.2) is 0 Å². The van der Waals surface area contributed by atoms with Crippen LogP contribution in [0.25, 0.3) is 21.7 Å². The van der Waals surface area contributed by atoms with Crippen LogP contribution in [0.2, 0.25) is 0 Å². The molecule has 0 saturated heterocycles. The molecule has 14 heteroatoms. The molecular weight excluding hydrogens is 736 g/mol. The molecule has 0 aliphatic carbocycles. The average Bonchev–Trinajstić information content (AvgIpc) is 3.58. The number of aromatic nitrogens is 1. The van der Waals surface area contributed by atoms with Gasteiger partial charge in [-0.15, -0.1) is 0 Å². The number of hydrogen-bond donors (Lipinski definition) is 5. The first-order valence-electron chi connectivity index (χ1n) is 19.0. The molecule has 2 aliphatic rings. The number of phenols is 2. The van der Waals surface area contributed by atoms with Gasteiger partial charge in [-0.1, -0.05) is 45.9 Å². The van der Waals surface area contributed by atoms with Gasteiger partial charge in [-0.2, -0.15) is 0 Å². The van der Waals surface area contributed by atoms with E-state index in [2.05, 4.69) is 5.32 Å². The number of phenolic OH excluding ortho intramolecular Hbond substituents is 2. The highest BCUT2D eigenvalue weighted by Gasteiger charge is 2.50. The van der Waals surface area contributed by atoms with Gasteiger partial charge in [0.1, 0.15) is 17.6 Å². The summed E-state index contributed by atoms with van der Waals surface area (Å²) in [7, 11) is 3.12. The van der Waals surface area contributed by atoms with Crippen molar-refractivity contribution in [2.75, 3.05) is 12.4 Å². The van der Waals surface area contributed by atoms with Crippen molar-refractivity contribution in [3.05, 3.63) is 58.5 Å². The predicted molar refractivity (Wildman–Crippen MR) is 213 cm³/mol. The molecule has 0 radical (unpaired) electrons. The van der Waals surface area contributed by atoms with Crippen LogP contribution in [0.4, 0.5) is 5.69 Å². The molecule has 1 amide bonds. The fourth-order valence-corrected chi connectivity index (χ4v) is 8.25. The van der Waals surface area contributed by atoms with Crippen LogP contribution in [0.1, 0.15) is 87.4 Å². The summed E-state index contributed by atoms with van der Waals surface area (Å²) in [4.78, 5) is 54.0. The number of fused-ring (bicyclic) bond motifs is 1. The Morgan fingerprint density at radius 1 is 0.912 bits per heavy atom. The molecule has 5 rings (SSSR count). The number of ketones is 2. The molecule has 3 aromatic rings. The second kappa shape index (κ2) is 16.0. The Hall–Kier alpha value is -5.18. The number of allylic oxidation sites excluding steroid dienone is 2. The van der Waals surface area contributed by atoms with Gasteiger partial charge in [0.2, 0.25) is 0 Å². The Balaban J connectivity index is 1.79. The monoisotopic (exact) mass is 790 g/mol. The summed E-state index contributed by atoms with van der Waals surface area (Å²) < 4.78 is 25.4. The lowest BCUT2D eigenvalue weighted by molar-refractivity contribution is -0.160. The highest BCUT2D eigenvalue weighted by Crippen LogP contribution is 2.55. The molecule has 0 saturated carbocycles. The summed E-state index contributed by atoms with van der Waals surface area (Å²) in [5, 5.41) is 49.4. The van der Waals surface area contributed by atoms with Crippen LogP contribution in [0.15, 0.2) is 36.1 Å². The number of rotatable bonds is 3. The molecule has 308 valence electrons. The Morgan fingerprint density at radius 3 is 2.16 bits per heavy atom. The lowest BCUT2D eigenvalue weighted by Crippen LogP contribution is -2.46. The number of Topliss-reactive ketones (excluding diaryl/α,β-unsaturated/α-hetero) is 2. The van der Waals surface area contributed by atoms with Crippen molar-refractivity contribution in [1.29, 1.82) is 0 Å². The van der Waals surface area contributed by atoms with E-state index in [4.69, 9.17) is 18.9 Å². The number of hydrogen-bond acceptors (Lipinski definition) is 12. The van der Waals surface area contributed by atoms with Gasteiger partial charge >= 0.3 is 11.8 Å². The zero-order chi connectivity index (χ0) is 42.6. The lowest BCUT2D eigenvalue weighted by atomic mass is 9.78. The van der Waals surface area contributed by atoms with Gasteiger partial charge in [0, 0.05) is 84.8 Å². The highest BCUT2D eigenvalue weighted by molar-refractivity contribution is 6.31. The van der Waals surface area contributed by atoms with E-state index in [9.17, 15) is 39.6 Å². The van der Waals surface area contributed by atoms with Crippen LogP contribution in [0, 0.1) is 37.5 Å². The number of amides is 1. The normalized spacial score (nSPS) is 30.7. The number of anilines is 1. The van der Waals surface area contributed by atoms with E-state index in [1.165, 1.54) is 53.2 Å². The maximum Gasteiger partial charge on any atom is 0.312 e. The lowest BCUT2D eigenvalue weighted by Gasteiger charge is -2.38. The van der Waals surface area contributed by atoms with Crippen LogP contribution >= 0.6 is 0 Å². The molecule has 2 aromatic carbocycles. The first kappa shape index (κ1) is 43.0. The number of carbonyl (C=O) groups excluding carboxylic acids is 4. The zero-order valence-electron chi connectivity index (χ0n) is 34.5. The molecule has 14 nitrogen and oxygen atoms in total. The number of esters is 1. The smallest absolute Gasteiger partial charge is 0.312 e. The number of benzene rings is 2. The number of ether oxygens (including phenoxy) is 4. The molecular formula is C43H54N2O12. The van der Waals surface area contributed by atoms with Crippen molar-refractivity contribution >= 4 is 50.8 Å². The number of aromatic hydroxyl groups is 2. The number of aliphatic hydroxyl groups is 2. The first-order valence-corrected chi connectivity index (χ1v) is 19.0. The third-order valence-corrected chi connectivity index (χ3v) is 11.8. The Morgan fingerprint density at radius 2 is 1.56 bits per heavy atom. The SMILES string of the molecule is COC1/C=C/OC2(C)Oc3c(C)c(O)c4c(O)c(c5c(C(C)=O)c(C)n(C)c5c4c3C2=O)NC(=O)/C(C)=C/C=C\C(C)C(O)C(C)C(O)C(C)C(OC(C)=O)C1C. The van der Waals surface area contributed by atoms with E-state index < -0.39 is 83.0 Å². The minimum absolute atomic E-state index is 0.00219. The largest absolute Gasteiger partial charge is 0.507 e. The zero-order valence-corrected chi connectivity index (χ0v) is 34.5. The van der Waals surface area contributed by atoms with Crippen LogP contribution < -0.4 is 10.1 Å². The summed E-state index contributed by atoms with van der Waals surface area (Å²) in [5.74, 6) is -7.68. The van der Waals surface area contributed by atoms with Crippen LogP contribution in [-0.2, 0) is 30.8 Å². The molecule has 3 heterocycles. The van der Waals surface area contributed by atoms with E-state index in [0.717, 1.165) is 0 Å². The molecule has 9 unspecified atom stereocenters. The molecule has 1 aromatic heterocycles. The summed E-state index contributed by atoms with van der Waals surface area (Å²) in [6, 6.07) is 0. The van der Waals surface area contributed by atoms with E-state index in [0.29, 0.717) is 5.69 Å². The van der Waals surface area contributed by atoms with E-state index in [1.54, 1.807) is 65.3 Å². The van der Waals surface area contributed by atoms with Crippen LogP contribution in [0.5, 0.6) is 17.2 Å². The molecule has 4 bridgehead atoms. The topological polar surface area (TPSA) is 203 Å². The van der Waals surface area contributed by atoms with E-state index in [-0.39, 0.29) is 61.2 Å². The first-order chi connectivity index (χ1) is 26.6. The second-order valence-electron chi connectivity index (χ2n) is 15.7. The number of nitrogens with one attached hydrogen (secondary N) is 1. The van der Waals surface area contributed by atoms with Gasteiger partial charge in [-0.3, -0.25) is 19.2 Å². The van der Waals surface area contributed by atoms with Gasteiger partial charge in [0.05, 0.1) is 46.7 Å². The van der Waals surface area contributed by atoms with Crippen LogP contribution in [0.3, 0.4) is 0 Å². The fourth-order valence-electron chi connectivity index (χ4n) is 8.25. The number of carbonyl (C=O) groups is 4. The van der Waals surface area contributed by atoms with Crippen molar-refractivity contribution in [1.82, 2.24) is 4.57 Å². The highest BCUT2D eigenvalue weighted by atomic mass is 16.7. The van der Waals surface area contributed by atoms with Crippen molar-refractivity contribution < 1.29 is 58.6 Å². The number of nitrogens with zero attached hydrogens (tertiary/aromatic N) is 1. The third kappa shape index (κ3) is 7.30. The number of aryl methyl sites for hydroxylation is 1. The number of methoxy groups -OCH3 is 1. The summed E-state index contributed by atoms with van der Waals surface area (Å²) in [5.41, 5.74) is 1.09. The molecule has 2 aliphatic heterocycles. The van der Waals surface area contributed by atoms with E-state index in [1.807, 2.05) is 0 Å². The Labute approximate surface area is 331 Å². The Bertz CT molecular complexity index is 2250. The summed E-state index contributed by atoms with van der Waals surface area (Å²) >= 11 is 0. The maximum atomic E-state index is 14.6. The van der Waals surface area contributed by atoms with E-state index >= 15 is 0 Å². The van der Waals surface area contributed by atoms with Crippen molar-refractivity contribution in [3.8, 4) is 17.2 Å². The van der Waals surface area contributed by atoms with Gasteiger partial charge in [0.15, 0.2) is 11.5 Å². The molecule has 5 N–H and O–H groups in total. The minimum atomic E-state index is -1.99. The second-order valence-corrected chi connectivity index (χ2v) is 15.7. The fraction of sp³-hybridized carbons (Fsp3) is 0.488. The molecule has 0 spiro atoms. The maximum absolute atomic E-state index is 14.6. The van der Waals surface area contributed by atoms with Crippen molar-refractivity contribution in [2.45, 2.75) is 99.4 Å². The number of aliphatic hydroxyl groups excluding tert-OH is 2. The average molecular weight is 791 g/mol. The van der Waals surface area contributed by atoms with Crippen molar-refractivity contribution in [2.24, 2.45) is 30.7 Å².